The minimum absolute atomic E-state index is 0.00143. The van der Waals surface area contributed by atoms with Crippen molar-refractivity contribution in [2.24, 2.45) is 0 Å². The van der Waals surface area contributed by atoms with E-state index in [0.717, 1.165) is 0 Å². The van der Waals surface area contributed by atoms with Crippen LogP contribution in [0.2, 0.25) is 10.0 Å². The molecule has 1 rings (SSSR count). The zero-order valence-corrected chi connectivity index (χ0v) is 16.3. The van der Waals surface area contributed by atoms with E-state index in [2.05, 4.69) is 15.4 Å². The summed E-state index contributed by atoms with van der Waals surface area (Å²) in [6.45, 7) is 4.26. The number of likely N-dealkylation sites (N-methyl/N-ethyl adjacent to an activating group) is 1. The van der Waals surface area contributed by atoms with Gasteiger partial charge in [-0.15, -0.1) is 0 Å². The third-order valence-electron chi connectivity index (χ3n) is 3.18. The second kappa shape index (κ2) is 9.96. The Morgan fingerprint density at radius 3 is 2.36 bits per heavy atom. The number of amides is 2. The third kappa shape index (κ3) is 6.81. The molecule has 0 saturated heterocycles. The van der Waals surface area contributed by atoms with Crippen LogP contribution in [-0.4, -0.2) is 39.4 Å². The van der Waals surface area contributed by atoms with Crippen LogP contribution < -0.4 is 15.4 Å². The van der Waals surface area contributed by atoms with Crippen LogP contribution in [0.4, 0.5) is 0 Å². The SMILES string of the molecule is CCNC(=O)CC[C@H](NS(=O)(=O)c1cc(Cl)ccc1Cl)C(=O)NCC. The van der Waals surface area contributed by atoms with Gasteiger partial charge in [0.15, 0.2) is 0 Å². The molecule has 0 aliphatic carbocycles. The smallest absolute Gasteiger partial charge is 0.242 e. The Bertz CT molecular complexity index is 725. The van der Waals surface area contributed by atoms with E-state index in [-0.39, 0.29) is 33.7 Å². The topological polar surface area (TPSA) is 104 Å². The molecule has 1 aromatic rings. The van der Waals surface area contributed by atoms with E-state index < -0.39 is 22.0 Å². The molecule has 0 aliphatic rings. The van der Waals surface area contributed by atoms with Gasteiger partial charge in [0, 0.05) is 24.5 Å². The molecule has 0 aromatic heterocycles. The summed E-state index contributed by atoms with van der Waals surface area (Å²) in [5.41, 5.74) is 0. The first kappa shape index (κ1) is 21.7. The lowest BCUT2D eigenvalue weighted by molar-refractivity contribution is -0.123. The van der Waals surface area contributed by atoms with Crippen molar-refractivity contribution in [1.82, 2.24) is 15.4 Å². The standard InChI is InChI=1S/C15H21Cl2N3O4S/c1-3-18-14(21)8-7-12(15(22)19-4-2)20-25(23,24)13-9-10(16)5-6-11(13)17/h5-6,9,12,20H,3-4,7-8H2,1-2H3,(H,18,21)(H,19,22)/t12-/m0/s1. The predicted octanol–water partition coefficient (Wildman–Crippen LogP) is 1.69. The lowest BCUT2D eigenvalue weighted by Gasteiger charge is -2.18. The molecule has 0 unspecified atom stereocenters. The molecule has 1 aromatic carbocycles. The van der Waals surface area contributed by atoms with Crippen LogP contribution >= 0.6 is 23.2 Å². The highest BCUT2D eigenvalue weighted by Crippen LogP contribution is 2.25. The van der Waals surface area contributed by atoms with Crippen LogP contribution in [0.5, 0.6) is 0 Å². The van der Waals surface area contributed by atoms with Crippen LogP contribution in [-0.2, 0) is 19.6 Å². The average Bonchev–Trinajstić information content (AvgIpc) is 2.54. The molecule has 0 radical (unpaired) electrons. The van der Waals surface area contributed by atoms with Crippen LogP contribution in [0.3, 0.4) is 0 Å². The van der Waals surface area contributed by atoms with Crippen molar-refractivity contribution in [3.05, 3.63) is 28.2 Å². The fourth-order valence-corrected chi connectivity index (χ4v) is 4.03. The van der Waals surface area contributed by atoms with Crippen molar-refractivity contribution in [3.8, 4) is 0 Å². The number of hydrogen-bond donors (Lipinski definition) is 3. The molecule has 0 spiro atoms. The zero-order valence-electron chi connectivity index (χ0n) is 13.9. The van der Waals surface area contributed by atoms with Crippen molar-refractivity contribution in [2.75, 3.05) is 13.1 Å². The Kier molecular flexibility index (Phi) is 8.64. The van der Waals surface area contributed by atoms with Gasteiger partial charge >= 0.3 is 0 Å². The van der Waals surface area contributed by atoms with Gasteiger partial charge in [-0.2, -0.15) is 4.72 Å². The highest BCUT2D eigenvalue weighted by molar-refractivity contribution is 7.89. The number of hydrogen-bond acceptors (Lipinski definition) is 4. The van der Waals surface area contributed by atoms with Gasteiger partial charge in [-0.05, 0) is 38.5 Å². The van der Waals surface area contributed by atoms with E-state index in [1.165, 1.54) is 18.2 Å². The van der Waals surface area contributed by atoms with Crippen molar-refractivity contribution in [2.45, 2.75) is 37.6 Å². The summed E-state index contributed by atoms with van der Waals surface area (Å²) in [6.07, 6.45) is 0.0104. The molecule has 140 valence electrons. The molecule has 0 fully saturated rings. The maximum absolute atomic E-state index is 12.6. The molecule has 0 heterocycles. The number of carbonyl (C=O) groups excluding carboxylic acids is 2. The van der Waals surface area contributed by atoms with E-state index in [4.69, 9.17) is 23.2 Å². The van der Waals surface area contributed by atoms with E-state index >= 15 is 0 Å². The predicted molar refractivity (Wildman–Crippen MR) is 97.2 cm³/mol. The average molecular weight is 410 g/mol. The molecule has 0 aliphatic heterocycles. The first-order chi connectivity index (χ1) is 11.7. The van der Waals surface area contributed by atoms with Crippen LogP contribution in [0.1, 0.15) is 26.7 Å². The number of rotatable bonds is 9. The van der Waals surface area contributed by atoms with E-state index in [1.54, 1.807) is 13.8 Å². The van der Waals surface area contributed by atoms with E-state index in [1.807, 2.05) is 0 Å². The Morgan fingerprint density at radius 2 is 1.76 bits per heavy atom. The van der Waals surface area contributed by atoms with Gasteiger partial charge in [0.05, 0.1) is 5.02 Å². The third-order valence-corrected chi connectivity index (χ3v) is 5.37. The summed E-state index contributed by atoms with van der Waals surface area (Å²) in [6, 6.07) is 2.90. The quantitative estimate of drug-likeness (QED) is 0.576. The first-order valence-electron chi connectivity index (χ1n) is 7.73. The maximum Gasteiger partial charge on any atom is 0.242 e. The summed E-state index contributed by atoms with van der Waals surface area (Å²) in [7, 11) is -4.10. The van der Waals surface area contributed by atoms with Gasteiger partial charge in [0.1, 0.15) is 10.9 Å². The van der Waals surface area contributed by atoms with Gasteiger partial charge in [-0.3, -0.25) is 9.59 Å². The van der Waals surface area contributed by atoms with Crippen molar-refractivity contribution >= 4 is 45.0 Å². The molecule has 0 bridgehead atoms. The first-order valence-corrected chi connectivity index (χ1v) is 9.97. The molecule has 25 heavy (non-hydrogen) atoms. The largest absolute Gasteiger partial charge is 0.356 e. The van der Waals surface area contributed by atoms with Gasteiger partial charge < -0.3 is 10.6 Å². The van der Waals surface area contributed by atoms with Gasteiger partial charge in [0.25, 0.3) is 0 Å². The lowest BCUT2D eigenvalue weighted by Crippen LogP contribution is -2.47. The number of carbonyl (C=O) groups is 2. The lowest BCUT2D eigenvalue weighted by atomic mass is 10.1. The minimum Gasteiger partial charge on any atom is -0.356 e. The van der Waals surface area contributed by atoms with Crippen molar-refractivity contribution in [3.63, 3.8) is 0 Å². The Balaban J connectivity index is 3.00. The van der Waals surface area contributed by atoms with E-state index in [0.29, 0.717) is 13.1 Å². The molecular formula is C15H21Cl2N3O4S. The van der Waals surface area contributed by atoms with Crippen LogP contribution in [0.25, 0.3) is 0 Å². The van der Waals surface area contributed by atoms with Crippen LogP contribution in [0, 0.1) is 0 Å². The number of sulfonamides is 1. The highest BCUT2D eigenvalue weighted by atomic mass is 35.5. The normalized spacial score (nSPS) is 12.5. The molecule has 0 saturated carbocycles. The van der Waals surface area contributed by atoms with Gasteiger partial charge in [0.2, 0.25) is 21.8 Å². The fourth-order valence-electron chi connectivity index (χ4n) is 2.04. The summed E-state index contributed by atoms with van der Waals surface area (Å²) >= 11 is 11.8. The Morgan fingerprint density at radius 1 is 1.12 bits per heavy atom. The molecule has 2 amide bonds. The van der Waals surface area contributed by atoms with Crippen molar-refractivity contribution < 1.29 is 18.0 Å². The Labute approximate surface area is 157 Å². The van der Waals surface area contributed by atoms with Crippen LogP contribution in [0.15, 0.2) is 23.1 Å². The minimum atomic E-state index is -4.10. The summed E-state index contributed by atoms with van der Waals surface area (Å²) in [4.78, 5) is 23.5. The zero-order chi connectivity index (χ0) is 19.0. The molecular weight excluding hydrogens is 389 g/mol. The Hall–Kier alpha value is -1.35. The second-order valence-electron chi connectivity index (χ2n) is 5.14. The maximum atomic E-state index is 12.6. The van der Waals surface area contributed by atoms with Crippen molar-refractivity contribution in [1.29, 1.82) is 0 Å². The number of nitrogens with one attached hydrogen (secondary N) is 3. The molecule has 7 nitrogen and oxygen atoms in total. The summed E-state index contributed by atoms with van der Waals surface area (Å²) in [5.74, 6) is -0.787. The number of benzene rings is 1. The summed E-state index contributed by atoms with van der Waals surface area (Å²) in [5, 5.41) is 5.32. The number of halogens is 2. The summed E-state index contributed by atoms with van der Waals surface area (Å²) < 4.78 is 27.4. The second-order valence-corrected chi connectivity index (χ2v) is 7.66. The monoisotopic (exact) mass is 409 g/mol. The highest BCUT2D eigenvalue weighted by Gasteiger charge is 2.27. The molecule has 1 atom stereocenters. The van der Waals surface area contributed by atoms with Gasteiger partial charge in [-0.25, -0.2) is 8.42 Å². The molecule has 3 N–H and O–H groups in total. The van der Waals surface area contributed by atoms with E-state index in [9.17, 15) is 18.0 Å². The fraction of sp³-hybridized carbons (Fsp3) is 0.467. The van der Waals surface area contributed by atoms with Gasteiger partial charge in [-0.1, -0.05) is 23.2 Å². The molecule has 10 heteroatoms.